The van der Waals surface area contributed by atoms with Gasteiger partial charge in [0.1, 0.15) is 0 Å². The van der Waals surface area contributed by atoms with E-state index in [1.807, 2.05) is 34.5 Å². The van der Waals surface area contributed by atoms with Crippen molar-refractivity contribution in [3.05, 3.63) is 40.8 Å². The van der Waals surface area contributed by atoms with Crippen molar-refractivity contribution in [3.63, 3.8) is 0 Å². The van der Waals surface area contributed by atoms with Gasteiger partial charge in [-0.1, -0.05) is 6.07 Å². The number of fused-ring (bicyclic) bond motifs is 1. The van der Waals surface area contributed by atoms with E-state index in [1.165, 1.54) is 4.88 Å². The number of aromatic nitrogens is 2. The molecule has 128 valence electrons. The van der Waals surface area contributed by atoms with Crippen LogP contribution in [0, 0.1) is 5.92 Å². The zero-order valence-electron chi connectivity index (χ0n) is 14.0. The summed E-state index contributed by atoms with van der Waals surface area (Å²) in [7, 11) is 0. The van der Waals surface area contributed by atoms with E-state index < -0.39 is 0 Å². The van der Waals surface area contributed by atoms with Crippen LogP contribution in [0.5, 0.6) is 0 Å². The van der Waals surface area contributed by atoms with E-state index in [9.17, 15) is 4.79 Å². The molecule has 0 bridgehead atoms. The van der Waals surface area contributed by atoms with Crippen LogP contribution in [0.3, 0.4) is 0 Å². The number of thiophene rings is 1. The van der Waals surface area contributed by atoms with Crippen LogP contribution >= 0.6 is 11.3 Å². The average Bonchev–Trinajstić information content (AvgIpc) is 3.27. The van der Waals surface area contributed by atoms with Crippen molar-refractivity contribution in [3.8, 4) is 0 Å². The second-order valence-corrected chi connectivity index (χ2v) is 8.01. The van der Waals surface area contributed by atoms with E-state index in [2.05, 4.69) is 32.4 Å². The Hall–Kier alpha value is -1.66. The van der Waals surface area contributed by atoms with Crippen molar-refractivity contribution in [2.45, 2.75) is 44.9 Å². The summed E-state index contributed by atoms with van der Waals surface area (Å²) in [6, 6.07) is 6.97. The molecular weight excluding hydrogens is 320 g/mol. The van der Waals surface area contributed by atoms with Crippen LogP contribution in [0.25, 0.3) is 0 Å². The van der Waals surface area contributed by atoms with Gasteiger partial charge in [-0.25, -0.2) is 0 Å². The molecule has 2 fully saturated rings. The van der Waals surface area contributed by atoms with Gasteiger partial charge in [0.2, 0.25) is 5.91 Å². The lowest BCUT2D eigenvalue weighted by Crippen LogP contribution is -2.48. The molecule has 0 radical (unpaired) electrons. The molecule has 2 saturated heterocycles. The monoisotopic (exact) mass is 344 g/mol. The van der Waals surface area contributed by atoms with Crippen LogP contribution in [-0.4, -0.2) is 50.7 Å². The molecule has 0 aromatic carbocycles. The summed E-state index contributed by atoms with van der Waals surface area (Å²) in [4.78, 5) is 18.4. The number of carbonyl (C=O) groups excluding carboxylic acids is 1. The molecule has 0 N–H and O–H groups in total. The first-order valence-corrected chi connectivity index (χ1v) is 9.60. The third kappa shape index (κ3) is 3.13. The van der Waals surface area contributed by atoms with Crippen LogP contribution in [0.1, 0.15) is 24.6 Å². The van der Waals surface area contributed by atoms with Crippen LogP contribution in [0.4, 0.5) is 0 Å². The van der Waals surface area contributed by atoms with E-state index >= 15 is 0 Å². The van der Waals surface area contributed by atoms with Crippen molar-refractivity contribution in [1.82, 2.24) is 19.6 Å². The molecule has 1 unspecified atom stereocenters. The number of amides is 1. The molecule has 1 amide bonds. The summed E-state index contributed by atoms with van der Waals surface area (Å²) in [5.74, 6) is 0.800. The fourth-order valence-electron chi connectivity index (χ4n) is 4.47. The van der Waals surface area contributed by atoms with E-state index in [-0.39, 0.29) is 11.9 Å². The lowest BCUT2D eigenvalue weighted by Gasteiger charge is -2.38. The molecule has 2 aromatic heterocycles. The minimum absolute atomic E-state index is 0.214. The molecular formula is C18H24N4OS. The standard InChI is InChI=1S/C18H24N4OS/c1-14(23)22-16(12-21-7-3-6-19-21)10-15-11-20(8-5-18(15)22)13-17-4-2-9-24-17/h2-4,6-7,9,15-16,18H,5,8,10-13H2,1H3/t15-,16?,18+/m1/s1. The quantitative estimate of drug-likeness (QED) is 0.855. The maximum absolute atomic E-state index is 12.3. The van der Waals surface area contributed by atoms with Crippen molar-refractivity contribution >= 4 is 17.2 Å². The highest BCUT2D eigenvalue weighted by Gasteiger charge is 2.45. The topological polar surface area (TPSA) is 41.4 Å². The van der Waals surface area contributed by atoms with Crippen molar-refractivity contribution in [2.24, 2.45) is 5.92 Å². The van der Waals surface area contributed by atoms with E-state index in [1.54, 1.807) is 6.92 Å². The normalized spacial score (nSPS) is 27.4. The Balaban J connectivity index is 1.45. The van der Waals surface area contributed by atoms with E-state index in [0.29, 0.717) is 12.0 Å². The molecule has 6 heteroatoms. The molecule has 5 nitrogen and oxygen atoms in total. The minimum atomic E-state index is 0.214. The van der Waals surface area contributed by atoms with Gasteiger partial charge < -0.3 is 4.90 Å². The molecule has 24 heavy (non-hydrogen) atoms. The summed E-state index contributed by atoms with van der Waals surface area (Å²) < 4.78 is 1.96. The van der Waals surface area contributed by atoms with Gasteiger partial charge in [-0.15, -0.1) is 11.3 Å². The Bertz CT molecular complexity index is 669. The second kappa shape index (κ2) is 6.69. The van der Waals surface area contributed by atoms with Crippen LogP contribution in [-0.2, 0) is 17.9 Å². The number of piperidine rings is 1. The smallest absolute Gasteiger partial charge is 0.220 e. The minimum Gasteiger partial charge on any atom is -0.335 e. The number of rotatable bonds is 4. The lowest BCUT2D eigenvalue weighted by atomic mass is 9.92. The Morgan fingerprint density at radius 1 is 1.42 bits per heavy atom. The summed E-state index contributed by atoms with van der Waals surface area (Å²) in [6.07, 6.45) is 5.97. The number of carbonyl (C=O) groups is 1. The Kier molecular flexibility index (Phi) is 4.41. The fraction of sp³-hybridized carbons (Fsp3) is 0.556. The number of hydrogen-bond donors (Lipinski definition) is 0. The highest BCUT2D eigenvalue weighted by molar-refractivity contribution is 7.09. The van der Waals surface area contributed by atoms with Crippen molar-refractivity contribution < 1.29 is 4.79 Å². The highest BCUT2D eigenvalue weighted by Crippen LogP contribution is 2.36. The molecule has 0 aliphatic carbocycles. The molecule has 2 aliphatic heterocycles. The first-order valence-electron chi connectivity index (χ1n) is 8.72. The number of likely N-dealkylation sites (tertiary alicyclic amines) is 2. The lowest BCUT2D eigenvalue weighted by molar-refractivity contribution is -0.133. The van der Waals surface area contributed by atoms with Gasteiger partial charge in [0.15, 0.2) is 0 Å². The molecule has 4 rings (SSSR count). The summed E-state index contributed by atoms with van der Waals surface area (Å²) >= 11 is 1.83. The Labute approximate surface area is 146 Å². The Morgan fingerprint density at radius 3 is 3.04 bits per heavy atom. The highest BCUT2D eigenvalue weighted by atomic mass is 32.1. The van der Waals surface area contributed by atoms with Crippen molar-refractivity contribution in [2.75, 3.05) is 13.1 Å². The van der Waals surface area contributed by atoms with Gasteiger partial charge in [0.25, 0.3) is 0 Å². The predicted octanol–water partition coefficient (Wildman–Crippen LogP) is 2.46. The van der Waals surface area contributed by atoms with E-state index in [0.717, 1.165) is 39.0 Å². The maximum atomic E-state index is 12.3. The third-order valence-electron chi connectivity index (χ3n) is 5.38. The predicted molar refractivity (Wildman–Crippen MR) is 94.6 cm³/mol. The van der Waals surface area contributed by atoms with Crippen molar-refractivity contribution in [1.29, 1.82) is 0 Å². The molecule has 0 saturated carbocycles. The fourth-order valence-corrected chi connectivity index (χ4v) is 5.22. The third-order valence-corrected chi connectivity index (χ3v) is 6.24. The SMILES string of the molecule is CC(=O)N1C(Cn2cccn2)C[C@@H]2CN(Cc3cccs3)CC[C@@H]21. The first kappa shape index (κ1) is 15.8. The summed E-state index contributed by atoms with van der Waals surface area (Å²) in [5.41, 5.74) is 0. The zero-order chi connectivity index (χ0) is 16.5. The van der Waals surface area contributed by atoms with Gasteiger partial charge in [-0.2, -0.15) is 5.10 Å². The summed E-state index contributed by atoms with van der Waals surface area (Å²) in [6.45, 7) is 5.76. The second-order valence-electron chi connectivity index (χ2n) is 6.97. The van der Waals surface area contributed by atoms with Gasteiger partial charge >= 0.3 is 0 Å². The number of hydrogen-bond acceptors (Lipinski definition) is 4. The van der Waals surface area contributed by atoms with Crippen LogP contribution in [0.15, 0.2) is 36.0 Å². The zero-order valence-corrected chi connectivity index (χ0v) is 14.9. The Morgan fingerprint density at radius 2 is 2.33 bits per heavy atom. The molecule has 4 heterocycles. The van der Waals surface area contributed by atoms with Gasteiger partial charge in [-0.05, 0) is 36.3 Å². The molecule has 3 atom stereocenters. The van der Waals surface area contributed by atoms with Crippen LogP contribution in [0.2, 0.25) is 0 Å². The molecule has 2 aliphatic rings. The van der Waals surface area contributed by atoms with Crippen LogP contribution < -0.4 is 0 Å². The molecule has 2 aromatic rings. The maximum Gasteiger partial charge on any atom is 0.220 e. The largest absolute Gasteiger partial charge is 0.335 e. The first-order chi connectivity index (χ1) is 11.7. The van der Waals surface area contributed by atoms with E-state index in [4.69, 9.17) is 0 Å². The average molecular weight is 344 g/mol. The molecule has 0 spiro atoms. The number of nitrogens with zero attached hydrogens (tertiary/aromatic N) is 4. The van der Waals surface area contributed by atoms with Gasteiger partial charge in [0, 0.05) is 49.9 Å². The summed E-state index contributed by atoms with van der Waals surface area (Å²) in [5, 5.41) is 6.47. The van der Waals surface area contributed by atoms with Gasteiger partial charge in [-0.3, -0.25) is 14.4 Å². The van der Waals surface area contributed by atoms with Gasteiger partial charge in [0.05, 0.1) is 12.6 Å².